The van der Waals surface area contributed by atoms with Gasteiger partial charge in [-0.1, -0.05) is 38.8 Å². The Bertz CT molecular complexity index is 946. The molecular weight excluding hydrogens is 328 g/mol. The number of rotatable bonds is 6. The van der Waals surface area contributed by atoms with Gasteiger partial charge in [0, 0.05) is 6.04 Å². The molecule has 2 heterocycles. The number of anilines is 1. The maximum absolute atomic E-state index is 12.3. The number of nitrogen functional groups attached to an aromatic ring is 1. The molecule has 0 fully saturated rings. The third kappa shape index (κ3) is 3.23. The fraction of sp³-hybridized carbons (Fsp3) is 0.450. The predicted molar refractivity (Wildman–Crippen MR) is 104 cm³/mol. The standard InChI is InChI=1S/C20H26N4O2/c1-12(2)8-7-9-13(3)24-18(21)16(20(25)26-4)17-19(24)23-15-11-6-5-10-14(15)22-17/h5-6,10-13H,7-9,21H2,1-4H3/t13-/m1/s1. The summed E-state index contributed by atoms with van der Waals surface area (Å²) >= 11 is 0. The maximum atomic E-state index is 12.3. The minimum atomic E-state index is -0.481. The van der Waals surface area contributed by atoms with Crippen molar-refractivity contribution in [3.8, 4) is 0 Å². The Morgan fingerprint density at radius 1 is 1.15 bits per heavy atom. The molecule has 0 aliphatic heterocycles. The van der Waals surface area contributed by atoms with Gasteiger partial charge in [-0.3, -0.25) is 0 Å². The molecule has 2 N–H and O–H groups in total. The van der Waals surface area contributed by atoms with Crippen molar-refractivity contribution >= 4 is 34.0 Å². The second-order valence-corrected chi connectivity index (χ2v) is 7.18. The quantitative estimate of drug-likeness (QED) is 0.666. The topological polar surface area (TPSA) is 83.0 Å². The van der Waals surface area contributed by atoms with Crippen LogP contribution in [0.5, 0.6) is 0 Å². The minimum Gasteiger partial charge on any atom is -0.465 e. The number of esters is 1. The largest absolute Gasteiger partial charge is 0.465 e. The lowest BCUT2D eigenvalue weighted by molar-refractivity contribution is 0.0604. The van der Waals surface area contributed by atoms with E-state index in [2.05, 4.69) is 25.8 Å². The number of hydrogen-bond acceptors (Lipinski definition) is 5. The second kappa shape index (κ2) is 7.32. The van der Waals surface area contributed by atoms with E-state index < -0.39 is 5.97 Å². The zero-order valence-electron chi connectivity index (χ0n) is 15.8. The van der Waals surface area contributed by atoms with Crippen molar-refractivity contribution in [3.63, 3.8) is 0 Å². The van der Waals surface area contributed by atoms with E-state index in [0.29, 0.717) is 28.5 Å². The number of hydrogen-bond donors (Lipinski definition) is 1. The summed E-state index contributed by atoms with van der Waals surface area (Å²) < 4.78 is 6.87. The molecule has 0 saturated heterocycles. The minimum absolute atomic E-state index is 0.116. The number of fused-ring (bicyclic) bond motifs is 2. The van der Waals surface area contributed by atoms with Crippen molar-refractivity contribution < 1.29 is 9.53 Å². The molecule has 0 aliphatic carbocycles. The number of ether oxygens (including phenoxy) is 1. The summed E-state index contributed by atoms with van der Waals surface area (Å²) in [6, 6.07) is 7.73. The Kier molecular flexibility index (Phi) is 5.11. The molecule has 3 aromatic rings. The van der Waals surface area contributed by atoms with Gasteiger partial charge in [0.25, 0.3) is 0 Å². The van der Waals surface area contributed by atoms with Crippen molar-refractivity contribution in [2.45, 2.75) is 46.1 Å². The van der Waals surface area contributed by atoms with Crippen LogP contribution in [0.1, 0.15) is 56.4 Å². The van der Waals surface area contributed by atoms with Crippen LogP contribution in [0.2, 0.25) is 0 Å². The van der Waals surface area contributed by atoms with Gasteiger partial charge in [0.1, 0.15) is 16.9 Å². The number of nitrogens with two attached hydrogens (primary N) is 1. The van der Waals surface area contributed by atoms with Crippen LogP contribution in [0.4, 0.5) is 5.82 Å². The van der Waals surface area contributed by atoms with Gasteiger partial charge in [-0.05, 0) is 31.4 Å². The Morgan fingerprint density at radius 2 is 1.81 bits per heavy atom. The molecule has 138 valence electrons. The molecule has 26 heavy (non-hydrogen) atoms. The Balaban J connectivity index is 2.16. The van der Waals surface area contributed by atoms with Gasteiger partial charge in [0.15, 0.2) is 5.65 Å². The highest BCUT2D eigenvalue weighted by Gasteiger charge is 2.26. The number of nitrogens with zero attached hydrogens (tertiary/aromatic N) is 3. The molecule has 0 radical (unpaired) electrons. The van der Waals surface area contributed by atoms with Crippen LogP contribution in [0.25, 0.3) is 22.2 Å². The Hall–Kier alpha value is -2.63. The molecule has 1 aromatic carbocycles. The molecular formula is C20H26N4O2. The number of para-hydroxylation sites is 2. The van der Waals surface area contributed by atoms with Crippen LogP contribution in [0.3, 0.4) is 0 Å². The zero-order valence-corrected chi connectivity index (χ0v) is 15.8. The van der Waals surface area contributed by atoms with Crippen LogP contribution in [0.15, 0.2) is 24.3 Å². The molecule has 3 rings (SSSR count). The molecule has 6 heteroatoms. The van der Waals surface area contributed by atoms with Crippen LogP contribution < -0.4 is 5.73 Å². The highest BCUT2D eigenvalue weighted by molar-refractivity contribution is 6.08. The van der Waals surface area contributed by atoms with Crippen molar-refractivity contribution in [1.82, 2.24) is 14.5 Å². The van der Waals surface area contributed by atoms with Crippen LogP contribution in [-0.4, -0.2) is 27.6 Å². The van der Waals surface area contributed by atoms with Gasteiger partial charge in [-0.15, -0.1) is 0 Å². The summed E-state index contributed by atoms with van der Waals surface area (Å²) in [4.78, 5) is 21.7. The molecule has 2 aromatic heterocycles. The lowest BCUT2D eigenvalue weighted by Crippen LogP contribution is -2.12. The van der Waals surface area contributed by atoms with E-state index in [0.717, 1.165) is 30.3 Å². The summed E-state index contributed by atoms with van der Waals surface area (Å²) in [5.41, 5.74) is 9.33. The van der Waals surface area contributed by atoms with E-state index in [1.165, 1.54) is 7.11 Å². The van der Waals surface area contributed by atoms with Gasteiger partial charge in [0.05, 0.1) is 18.1 Å². The number of aromatic nitrogens is 3. The fourth-order valence-electron chi connectivity index (χ4n) is 3.38. The number of carbonyl (C=O) groups excluding carboxylic acids is 1. The fourth-order valence-corrected chi connectivity index (χ4v) is 3.38. The van der Waals surface area contributed by atoms with Crippen LogP contribution in [-0.2, 0) is 4.74 Å². The highest BCUT2D eigenvalue weighted by atomic mass is 16.5. The van der Waals surface area contributed by atoms with E-state index in [-0.39, 0.29) is 6.04 Å². The number of benzene rings is 1. The molecule has 0 unspecified atom stereocenters. The third-order valence-electron chi connectivity index (χ3n) is 4.77. The predicted octanol–water partition coefficient (Wildman–Crippen LogP) is 4.34. The first-order chi connectivity index (χ1) is 12.4. The summed E-state index contributed by atoms with van der Waals surface area (Å²) in [5.74, 6) is 0.555. The first-order valence-electron chi connectivity index (χ1n) is 9.08. The average molecular weight is 354 g/mol. The summed E-state index contributed by atoms with van der Waals surface area (Å²) in [5, 5.41) is 0. The monoisotopic (exact) mass is 354 g/mol. The molecule has 0 spiro atoms. The van der Waals surface area contributed by atoms with E-state index in [1.54, 1.807) is 0 Å². The molecule has 6 nitrogen and oxygen atoms in total. The van der Waals surface area contributed by atoms with Crippen molar-refractivity contribution in [2.24, 2.45) is 5.92 Å². The summed E-state index contributed by atoms with van der Waals surface area (Å²) in [6.45, 7) is 6.54. The van der Waals surface area contributed by atoms with Crippen molar-refractivity contribution in [1.29, 1.82) is 0 Å². The molecule has 0 aliphatic rings. The lowest BCUT2D eigenvalue weighted by Gasteiger charge is -2.17. The second-order valence-electron chi connectivity index (χ2n) is 7.18. The smallest absolute Gasteiger partial charge is 0.343 e. The SMILES string of the molecule is COC(=O)c1c(N)n([C@H](C)CCCC(C)C)c2nc3ccccc3nc12. The number of carbonyl (C=O) groups is 1. The first kappa shape index (κ1) is 18.2. The van der Waals surface area contributed by atoms with Gasteiger partial charge in [0.2, 0.25) is 0 Å². The number of methoxy groups -OCH3 is 1. The molecule has 0 saturated carbocycles. The maximum Gasteiger partial charge on any atom is 0.343 e. The van der Waals surface area contributed by atoms with Gasteiger partial charge in [-0.2, -0.15) is 0 Å². The van der Waals surface area contributed by atoms with Crippen molar-refractivity contribution in [2.75, 3.05) is 12.8 Å². The third-order valence-corrected chi connectivity index (χ3v) is 4.77. The molecule has 0 bridgehead atoms. The summed E-state index contributed by atoms with van der Waals surface area (Å²) in [7, 11) is 1.35. The first-order valence-corrected chi connectivity index (χ1v) is 9.08. The normalized spacial score (nSPS) is 12.8. The highest BCUT2D eigenvalue weighted by Crippen LogP contribution is 2.33. The van der Waals surface area contributed by atoms with Gasteiger partial charge >= 0.3 is 5.97 Å². The van der Waals surface area contributed by atoms with E-state index in [9.17, 15) is 4.79 Å². The molecule has 1 atom stereocenters. The summed E-state index contributed by atoms with van der Waals surface area (Å²) in [6.07, 6.45) is 3.20. The van der Waals surface area contributed by atoms with E-state index >= 15 is 0 Å². The average Bonchev–Trinajstić information content (AvgIpc) is 2.89. The zero-order chi connectivity index (χ0) is 18.8. The molecule has 0 amide bonds. The Morgan fingerprint density at radius 3 is 2.42 bits per heavy atom. The van der Waals surface area contributed by atoms with Crippen LogP contribution >= 0.6 is 0 Å². The van der Waals surface area contributed by atoms with E-state index in [1.807, 2.05) is 28.8 Å². The van der Waals surface area contributed by atoms with Crippen molar-refractivity contribution in [3.05, 3.63) is 29.8 Å². The lowest BCUT2D eigenvalue weighted by atomic mass is 10.0. The van der Waals surface area contributed by atoms with Gasteiger partial charge < -0.3 is 15.0 Å². The van der Waals surface area contributed by atoms with E-state index in [4.69, 9.17) is 15.5 Å². The van der Waals surface area contributed by atoms with Gasteiger partial charge in [-0.25, -0.2) is 14.8 Å². The Labute approximate surface area is 153 Å². The van der Waals surface area contributed by atoms with Crippen LogP contribution in [0, 0.1) is 5.92 Å².